The van der Waals surface area contributed by atoms with E-state index < -0.39 is 23.2 Å². The Morgan fingerprint density at radius 3 is 2.85 bits per heavy atom. The SMILES string of the molecule is CN1C[C@H](F)C[C@H]1COC1(CC#N)CNCC(Cl)N1c1ncnc2cc(-c3cccc4ccc(F)c(Cl)c34)ccc12. The fourth-order valence-corrected chi connectivity index (χ4v) is 6.65. The standard InChI is InChI=1S/C30H28Cl2F2N6O/c1-39-14-20(33)12-21(39)15-41-30(9-10-35)16-36-13-26(31)40(30)29-23-7-5-19(11-25(23)37-17-38-29)22-4-2-3-18-6-8-24(34)28(32)27(18)22/h2-8,11,17,20-21,26,36H,9,12-16H2,1H3/t20-,21+,26?,30?/m1/s1. The summed E-state index contributed by atoms with van der Waals surface area (Å²) in [6.45, 7) is 1.37. The molecule has 7 nitrogen and oxygen atoms in total. The van der Waals surface area contributed by atoms with E-state index in [1.54, 1.807) is 6.07 Å². The van der Waals surface area contributed by atoms with Gasteiger partial charge in [0.15, 0.2) is 5.72 Å². The minimum absolute atomic E-state index is 0.0162. The smallest absolute Gasteiger partial charge is 0.169 e. The van der Waals surface area contributed by atoms with Crippen molar-refractivity contribution in [2.45, 2.75) is 36.3 Å². The zero-order valence-electron chi connectivity index (χ0n) is 22.3. The molecule has 1 N–H and O–H groups in total. The molecule has 1 aromatic heterocycles. The van der Waals surface area contributed by atoms with Crippen molar-refractivity contribution in [3.63, 3.8) is 0 Å². The van der Waals surface area contributed by atoms with Gasteiger partial charge in [-0.3, -0.25) is 4.90 Å². The van der Waals surface area contributed by atoms with Crippen molar-refractivity contribution in [3.05, 3.63) is 65.7 Å². The maximum Gasteiger partial charge on any atom is 0.169 e. The highest BCUT2D eigenvalue weighted by Crippen LogP contribution is 2.40. The summed E-state index contributed by atoms with van der Waals surface area (Å²) in [5, 5.41) is 15.4. The van der Waals surface area contributed by atoms with E-state index in [2.05, 4.69) is 21.4 Å². The second-order valence-electron chi connectivity index (χ2n) is 10.6. The van der Waals surface area contributed by atoms with Gasteiger partial charge in [-0.1, -0.05) is 53.5 Å². The summed E-state index contributed by atoms with van der Waals surface area (Å²) in [6, 6.07) is 16.6. The van der Waals surface area contributed by atoms with Gasteiger partial charge in [0.05, 0.1) is 29.6 Å². The molecule has 6 rings (SSSR count). The number of anilines is 1. The molecule has 2 aliphatic rings. The van der Waals surface area contributed by atoms with Gasteiger partial charge in [0.1, 0.15) is 29.6 Å². The normalized spacial score (nSPS) is 25.2. The highest BCUT2D eigenvalue weighted by Gasteiger charge is 2.46. The maximum absolute atomic E-state index is 14.4. The second kappa shape index (κ2) is 11.3. The van der Waals surface area contributed by atoms with Crippen LogP contribution < -0.4 is 10.2 Å². The van der Waals surface area contributed by atoms with Gasteiger partial charge >= 0.3 is 0 Å². The van der Waals surface area contributed by atoms with Crippen LogP contribution in [0.2, 0.25) is 5.02 Å². The van der Waals surface area contributed by atoms with E-state index in [0.29, 0.717) is 48.2 Å². The minimum Gasteiger partial charge on any atom is -0.351 e. The predicted molar refractivity (Wildman–Crippen MR) is 157 cm³/mol. The van der Waals surface area contributed by atoms with E-state index in [1.807, 2.05) is 53.2 Å². The van der Waals surface area contributed by atoms with Crippen LogP contribution in [0.5, 0.6) is 0 Å². The monoisotopic (exact) mass is 596 g/mol. The Morgan fingerprint density at radius 2 is 2.07 bits per heavy atom. The lowest BCUT2D eigenvalue weighted by atomic mass is 9.97. The summed E-state index contributed by atoms with van der Waals surface area (Å²) in [5.74, 6) is 0.0481. The molecule has 2 aliphatic heterocycles. The molecule has 4 atom stereocenters. The third-order valence-electron chi connectivity index (χ3n) is 8.06. The number of likely N-dealkylation sites (N-methyl/N-ethyl adjacent to an activating group) is 1. The molecule has 11 heteroatoms. The zero-order chi connectivity index (χ0) is 28.7. The lowest BCUT2D eigenvalue weighted by molar-refractivity contribution is -0.0694. The van der Waals surface area contributed by atoms with Gasteiger partial charge < -0.3 is 15.0 Å². The molecule has 212 valence electrons. The Bertz CT molecular complexity index is 1650. The second-order valence-corrected chi connectivity index (χ2v) is 11.5. The number of alkyl halides is 2. The molecular weight excluding hydrogens is 569 g/mol. The van der Waals surface area contributed by atoms with E-state index >= 15 is 0 Å². The Kier molecular flexibility index (Phi) is 7.70. The third kappa shape index (κ3) is 5.09. The molecule has 2 saturated heterocycles. The number of nitrogens with zero attached hydrogens (tertiary/aromatic N) is 5. The first-order valence-electron chi connectivity index (χ1n) is 13.4. The van der Waals surface area contributed by atoms with Crippen LogP contribution in [0, 0.1) is 17.1 Å². The Balaban J connectivity index is 1.42. The summed E-state index contributed by atoms with van der Waals surface area (Å²) in [5.41, 5.74) is 0.522. The number of hydrogen-bond acceptors (Lipinski definition) is 7. The fourth-order valence-electron chi connectivity index (χ4n) is 6.00. The van der Waals surface area contributed by atoms with Crippen molar-refractivity contribution in [1.29, 1.82) is 5.26 Å². The van der Waals surface area contributed by atoms with Gasteiger partial charge in [0.25, 0.3) is 0 Å². The number of aromatic nitrogens is 2. The van der Waals surface area contributed by atoms with Crippen molar-refractivity contribution in [2.75, 3.05) is 38.2 Å². The van der Waals surface area contributed by atoms with Crippen LogP contribution in [-0.4, -0.2) is 71.6 Å². The summed E-state index contributed by atoms with van der Waals surface area (Å²) >= 11 is 13.3. The topological polar surface area (TPSA) is 77.3 Å². The average molecular weight is 597 g/mol. The van der Waals surface area contributed by atoms with E-state index in [4.69, 9.17) is 27.9 Å². The third-order valence-corrected chi connectivity index (χ3v) is 8.78. The summed E-state index contributed by atoms with van der Waals surface area (Å²) in [6.07, 6.45) is 0.939. The number of benzene rings is 3. The molecule has 0 radical (unpaired) electrons. The van der Waals surface area contributed by atoms with Crippen molar-refractivity contribution < 1.29 is 13.5 Å². The van der Waals surface area contributed by atoms with Crippen LogP contribution in [0.25, 0.3) is 32.8 Å². The van der Waals surface area contributed by atoms with Crippen LogP contribution in [0.1, 0.15) is 12.8 Å². The van der Waals surface area contributed by atoms with Gasteiger partial charge in [-0.15, -0.1) is 0 Å². The van der Waals surface area contributed by atoms with Crippen LogP contribution >= 0.6 is 23.2 Å². The Morgan fingerprint density at radius 1 is 1.22 bits per heavy atom. The molecule has 2 fully saturated rings. The summed E-state index contributed by atoms with van der Waals surface area (Å²) in [4.78, 5) is 12.9. The van der Waals surface area contributed by atoms with E-state index in [-0.39, 0.29) is 24.1 Å². The highest BCUT2D eigenvalue weighted by molar-refractivity contribution is 6.37. The number of likely N-dealkylation sites (tertiary alicyclic amines) is 1. The maximum atomic E-state index is 14.4. The molecule has 0 aliphatic carbocycles. The number of rotatable bonds is 6. The molecule has 2 unspecified atom stereocenters. The quantitative estimate of drug-likeness (QED) is 0.220. The first-order valence-corrected chi connectivity index (χ1v) is 14.2. The number of halogens is 4. The molecule has 3 heterocycles. The average Bonchev–Trinajstić information content (AvgIpc) is 3.30. The lowest BCUT2D eigenvalue weighted by Gasteiger charge is -2.49. The first kappa shape index (κ1) is 28.0. The molecular formula is C30H28Cl2F2N6O. The Labute approximate surface area is 246 Å². The van der Waals surface area contributed by atoms with E-state index in [9.17, 15) is 14.0 Å². The lowest BCUT2D eigenvalue weighted by Crippen LogP contribution is -2.66. The number of nitrogens with one attached hydrogen (secondary N) is 1. The van der Waals surface area contributed by atoms with Crippen LogP contribution in [0.15, 0.2) is 54.9 Å². The van der Waals surface area contributed by atoms with Gasteiger partial charge in [-0.25, -0.2) is 18.7 Å². The van der Waals surface area contributed by atoms with Gasteiger partial charge in [-0.05, 0) is 48.2 Å². The molecule has 0 saturated carbocycles. The molecule has 3 aromatic carbocycles. The summed E-state index contributed by atoms with van der Waals surface area (Å²) < 4.78 is 35.0. The van der Waals surface area contributed by atoms with Gasteiger partial charge in [-0.2, -0.15) is 5.26 Å². The van der Waals surface area contributed by atoms with Gasteiger partial charge in [0.2, 0.25) is 0 Å². The molecule has 0 spiro atoms. The first-order chi connectivity index (χ1) is 19.8. The summed E-state index contributed by atoms with van der Waals surface area (Å²) in [7, 11) is 1.87. The zero-order valence-corrected chi connectivity index (χ0v) is 23.8. The van der Waals surface area contributed by atoms with Crippen LogP contribution in [0.3, 0.4) is 0 Å². The number of ether oxygens (including phenoxy) is 1. The fraction of sp³-hybridized carbons (Fsp3) is 0.367. The highest BCUT2D eigenvalue weighted by atomic mass is 35.5. The molecule has 0 amide bonds. The van der Waals surface area contributed by atoms with Crippen molar-refractivity contribution in [3.8, 4) is 17.2 Å². The number of fused-ring (bicyclic) bond motifs is 2. The largest absolute Gasteiger partial charge is 0.351 e. The predicted octanol–water partition coefficient (Wildman–Crippen LogP) is 5.89. The molecule has 4 aromatic rings. The van der Waals surface area contributed by atoms with Crippen molar-refractivity contribution >= 4 is 50.7 Å². The van der Waals surface area contributed by atoms with Crippen LogP contribution in [0.4, 0.5) is 14.6 Å². The van der Waals surface area contributed by atoms with Crippen LogP contribution in [-0.2, 0) is 4.74 Å². The van der Waals surface area contributed by atoms with Crippen molar-refractivity contribution in [2.24, 2.45) is 0 Å². The van der Waals surface area contributed by atoms with Gasteiger partial charge in [0, 0.05) is 36.4 Å². The molecule has 0 bridgehead atoms. The van der Waals surface area contributed by atoms with E-state index in [1.165, 1.54) is 12.4 Å². The van der Waals surface area contributed by atoms with E-state index in [0.717, 1.165) is 16.5 Å². The molecule has 41 heavy (non-hydrogen) atoms. The number of hydrogen-bond donors (Lipinski definition) is 1. The Hall–Kier alpha value is -3.13. The number of nitriles is 1. The number of piperazine rings is 1. The van der Waals surface area contributed by atoms with Crippen molar-refractivity contribution in [1.82, 2.24) is 20.2 Å². The minimum atomic E-state index is -1.13.